The predicted molar refractivity (Wildman–Crippen MR) is 90.0 cm³/mol. The normalized spacial score (nSPS) is 24.4. The lowest BCUT2D eigenvalue weighted by Gasteiger charge is -2.24. The van der Waals surface area contributed by atoms with Crippen LogP contribution in [0.15, 0.2) is 36.4 Å². The lowest BCUT2D eigenvalue weighted by Crippen LogP contribution is -2.24. The lowest BCUT2D eigenvalue weighted by molar-refractivity contribution is 0.0858. The van der Waals surface area contributed by atoms with Gasteiger partial charge < -0.3 is 0 Å². The SMILES string of the molecule is CC(C)(C)C(=O)c1ccc(CC2(F)/C=C\CCCCC2)cc1. The highest BCUT2D eigenvalue weighted by Crippen LogP contribution is 2.29. The molecule has 0 saturated carbocycles. The molecule has 0 saturated heterocycles. The number of ketones is 1. The Balaban J connectivity index is 2.10. The van der Waals surface area contributed by atoms with Crippen LogP contribution in [-0.2, 0) is 6.42 Å². The van der Waals surface area contributed by atoms with Crippen molar-refractivity contribution < 1.29 is 9.18 Å². The molecule has 0 radical (unpaired) electrons. The van der Waals surface area contributed by atoms with Crippen LogP contribution in [0.1, 0.15) is 68.8 Å². The Morgan fingerprint density at radius 2 is 1.82 bits per heavy atom. The summed E-state index contributed by atoms with van der Waals surface area (Å²) in [5.74, 6) is 0.125. The van der Waals surface area contributed by atoms with Crippen molar-refractivity contribution >= 4 is 5.78 Å². The third-order valence-corrected chi connectivity index (χ3v) is 4.28. The quantitative estimate of drug-likeness (QED) is 0.518. The van der Waals surface area contributed by atoms with Gasteiger partial charge in [0.05, 0.1) is 0 Å². The molecule has 1 aromatic rings. The molecule has 0 N–H and O–H groups in total. The Kier molecular flexibility index (Phi) is 5.20. The van der Waals surface area contributed by atoms with Gasteiger partial charge in [-0.2, -0.15) is 0 Å². The molecule has 0 heterocycles. The van der Waals surface area contributed by atoms with E-state index in [0.29, 0.717) is 18.4 Å². The molecule has 0 bridgehead atoms. The summed E-state index contributed by atoms with van der Waals surface area (Å²) < 4.78 is 15.0. The molecule has 0 amide bonds. The molecule has 1 nitrogen and oxygen atoms in total. The standard InChI is InChI=1S/C20H27FO/c1-19(2,3)18(22)17-11-9-16(10-12-17)15-20(21)13-7-5-4-6-8-14-20/h7,9-13H,4-6,8,14-15H2,1-3H3/b13-7-. The molecule has 0 fully saturated rings. The van der Waals surface area contributed by atoms with Crippen LogP contribution in [0.5, 0.6) is 0 Å². The van der Waals surface area contributed by atoms with Crippen molar-refractivity contribution in [3.8, 4) is 0 Å². The van der Waals surface area contributed by atoms with Crippen molar-refractivity contribution in [2.24, 2.45) is 5.41 Å². The van der Waals surface area contributed by atoms with Gasteiger partial charge in [-0.05, 0) is 31.2 Å². The van der Waals surface area contributed by atoms with Crippen LogP contribution in [-0.4, -0.2) is 11.5 Å². The van der Waals surface area contributed by atoms with Crippen molar-refractivity contribution in [3.05, 3.63) is 47.5 Å². The second-order valence-corrected chi connectivity index (χ2v) is 7.49. The van der Waals surface area contributed by atoms with E-state index in [2.05, 4.69) is 0 Å². The number of hydrogen-bond donors (Lipinski definition) is 0. The molecule has 1 unspecified atom stereocenters. The van der Waals surface area contributed by atoms with Crippen molar-refractivity contribution in [1.29, 1.82) is 0 Å². The fraction of sp³-hybridized carbons (Fsp3) is 0.550. The van der Waals surface area contributed by atoms with E-state index in [1.54, 1.807) is 6.08 Å². The van der Waals surface area contributed by atoms with Crippen LogP contribution in [0.3, 0.4) is 0 Å². The van der Waals surface area contributed by atoms with E-state index in [1.807, 2.05) is 51.1 Å². The topological polar surface area (TPSA) is 17.1 Å². The van der Waals surface area contributed by atoms with Gasteiger partial charge in [-0.25, -0.2) is 4.39 Å². The van der Waals surface area contributed by atoms with Gasteiger partial charge in [0, 0.05) is 17.4 Å². The first-order valence-electron chi connectivity index (χ1n) is 8.31. The Bertz CT molecular complexity index is 536. The summed E-state index contributed by atoms with van der Waals surface area (Å²) in [6, 6.07) is 7.46. The highest BCUT2D eigenvalue weighted by molar-refractivity contribution is 5.99. The Labute approximate surface area is 133 Å². The Morgan fingerprint density at radius 3 is 2.45 bits per heavy atom. The average molecular weight is 302 g/mol. The van der Waals surface area contributed by atoms with Gasteiger partial charge in [0.1, 0.15) is 5.67 Å². The lowest BCUT2D eigenvalue weighted by atomic mass is 9.85. The summed E-state index contributed by atoms with van der Waals surface area (Å²) in [6.07, 6.45) is 8.91. The van der Waals surface area contributed by atoms with Crippen molar-refractivity contribution in [2.75, 3.05) is 0 Å². The number of carbonyl (C=O) groups is 1. The number of carbonyl (C=O) groups excluding carboxylic acids is 1. The summed E-state index contributed by atoms with van der Waals surface area (Å²) in [6.45, 7) is 5.75. The summed E-state index contributed by atoms with van der Waals surface area (Å²) in [7, 11) is 0. The highest BCUT2D eigenvalue weighted by atomic mass is 19.1. The summed E-state index contributed by atoms with van der Waals surface area (Å²) >= 11 is 0. The minimum absolute atomic E-state index is 0.125. The summed E-state index contributed by atoms with van der Waals surface area (Å²) in [5.41, 5.74) is 0.0386. The molecule has 2 heteroatoms. The number of Topliss-reactive ketones (excluding diaryl/α,β-unsaturated/α-hetero) is 1. The molecule has 1 aliphatic carbocycles. The van der Waals surface area contributed by atoms with Crippen molar-refractivity contribution in [2.45, 2.75) is 65.0 Å². The van der Waals surface area contributed by atoms with E-state index in [9.17, 15) is 9.18 Å². The zero-order valence-corrected chi connectivity index (χ0v) is 14.0. The first kappa shape index (κ1) is 16.9. The number of halogens is 1. The highest BCUT2D eigenvalue weighted by Gasteiger charge is 2.27. The maximum atomic E-state index is 15.0. The van der Waals surface area contributed by atoms with Gasteiger partial charge in [-0.1, -0.05) is 63.6 Å². The molecule has 1 aromatic carbocycles. The third-order valence-electron chi connectivity index (χ3n) is 4.28. The number of allylic oxidation sites excluding steroid dienone is 2. The van der Waals surface area contributed by atoms with Gasteiger partial charge >= 0.3 is 0 Å². The number of benzene rings is 1. The van der Waals surface area contributed by atoms with Crippen LogP contribution < -0.4 is 0 Å². The van der Waals surface area contributed by atoms with E-state index >= 15 is 0 Å². The molecule has 2 rings (SSSR count). The van der Waals surface area contributed by atoms with E-state index in [-0.39, 0.29) is 11.2 Å². The minimum atomic E-state index is -1.24. The van der Waals surface area contributed by atoms with Crippen LogP contribution in [0.25, 0.3) is 0 Å². The first-order valence-corrected chi connectivity index (χ1v) is 8.31. The second-order valence-electron chi connectivity index (χ2n) is 7.49. The van der Waals surface area contributed by atoms with Crippen molar-refractivity contribution in [1.82, 2.24) is 0 Å². The Hall–Kier alpha value is -1.44. The molecule has 0 aliphatic heterocycles. The molecular weight excluding hydrogens is 275 g/mol. The van der Waals surface area contributed by atoms with E-state index < -0.39 is 5.67 Å². The smallest absolute Gasteiger partial charge is 0.168 e. The summed E-state index contributed by atoms with van der Waals surface area (Å²) in [5, 5.41) is 0. The monoisotopic (exact) mass is 302 g/mol. The number of rotatable bonds is 3. The van der Waals surface area contributed by atoms with Gasteiger partial charge in [-0.15, -0.1) is 0 Å². The molecular formula is C20H27FO. The molecule has 1 atom stereocenters. The van der Waals surface area contributed by atoms with E-state index in [0.717, 1.165) is 31.2 Å². The summed E-state index contributed by atoms with van der Waals surface area (Å²) in [4.78, 5) is 12.2. The zero-order valence-electron chi connectivity index (χ0n) is 14.0. The largest absolute Gasteiger partial charge is 0.294 e. The molecule has 0 spiro atoms. The average Bonchev–Trinajstić information content (AvgIpc) is 2.43. The molecule has 22 heavy (non-hydrogen) atoms. The maximum Gasteiger partial charge on any atom is 0.168 e. The number of hydrogen-bond acceptors (Lipinski definition) is 1. The van der Waals surface area contributed by atoms with Gasteiger partial charge in [0.2, 0.25) is 0 Å². The van der Waals surface area contributed by atoms with Crippen LogP contribution in [0, 0.1) is 5.41 Å². The fourth-order valence-electron chi connectivity index (χ4n) is 2.93. The predicted octanol–water partition coefficient (Wildman–Crippen LogP) is 5.69. The van der Waals surface area contributed by atoms with Crippen LogP contribution >= 0.6 is 0 Å². The maximum absolute atomic E-state index is 15.0. The van der Waals surface area contributed by atoms with Gasteiger partial charge in [0.25, 0.3) is 0 Å². The third kappa shape index (κ3) is 4.53. The van der Waals surface area contributed by atoms with E-state index in [1.165, 1.54) is 0 Å². The number of alkyl halides is 1. The van der Waals surface area contributed by atoms with Gasteiger partial charge in [0.15, 0.2) is 5.78 Å². The first-order chi connectivity index (χ1) is 10.3. The fourth-order valence-corrected chi connectivity index (χ4v) is 2.93. The molecule has 120 valence electrons. The van der Waals surface area contributed by atoms with Gasteiger partial charge in [-0.3, -0.25) is 4.79 Å². The van der Waals surface area contributed by atoms with E-state index in [4.69, 9.17) is 0 Å². The zero-order chi connectivity index (χ0) is 16.2. The minimum Gasteiger partial charge on any atom is -0.294 e. The van der Waals surface area contributed by atoms with Crippen LogP contribution in [0.2, 0.25) is 0 Å². The second kappa shape index (κ2) is 6.76. The van der Waals surface area contributed by atoms with Crippen molar-refractivity contribution in [3.63, 3.8) is 0 Å². The Morgan fingerprint density at radius 1 is 1.14 bits per heavy atom. The molecule has 0 aromatic heterocycles. The van der Waals surface area contributed by atoms with Crippen LogP contribution in [0.4, 0.5) is 4.39 Å². The molecule has 1 aliphatic rings.